The van der Waals surface area contributed by atoms with E-state index in [2.05, 4.69) is 20.4 Å². The lowest BCUT2D eigenvalue weighted by molar-refractivity contribution is 0.0208. The topological polar surface area (TPSA) is 93.0 Å². The lowest BCUT2D eigenvalue weighted by atomic mass is 10.2. The first-order chi connectivity index (χ1) is 8.83. The van der Waals surface area contributed by atoms with Crippen LogP contribution in [0.1, 0.15) is 11.9 Å². The molecule has 0 bridgehead atoms. The first-order valence-corrected chi connectivity index (χ1v) is 5.68. The fraction of sp³-hybridized carbons (Fsp3) is 0.364. The highest BCUT2D eigenvalue weighted by Crippen LogP contribution is 2.20. The third-order valence-corrected chi connectivity index (χ3v) is 2.68. The van der Waals surface area contributed by atoms with E-state index in [9.17, 15) is 4.79 Å². The minimum absolute atomic E-state index is 0.196. The van der Waals surface area contributed by atoms with Crippen molar-refractivity contribution in [2.24, 2.45) is 0 Å². The van der Waals surface area contributed by atoms with Gasteiger partial charge < -0.3 is 19.6 Å². The standard InChI is InChI=1S/C11H12N4O3/c16-9-5-7(1-2-13-9)11-14-10(15-18-11)8-6-12-3-4-17-8/h1-2,5,8,12H,3-4,6H2,(H,13,16). The zero-order valence-electron chi connectivity index (χ0n) is 9.55. The van der Waals surface area contributed by atoms with Crippen molar-refractivity contribution in [3.8, 4) is 11.5 Å². The number of ether oxygens (including phenoxy) is 1. The Kier molecular flexibility index (Phi) is 2.91. The molecule has 0 radical (unpaired) electrons. The molecule has 7 nitrogen and oxygen atoms in total. The minimum atomic E-state index is -0.206. The van der Waals surface area contributed by atoms with Crippen LogP contribution in [-0.2, 0) is 4.74 Å². The van der Waals surface area contributed by atoms with Gasteiger partial charge in [-0.05, 0) is 6.07 Å². The molecule has 1 aliphatic heterocycles. The van der Waals surface area contributed by atoms with Crippen molar-refractivity contribution in [1.82, 2.24) is 20.4 Å². The SMILES string of the molecule is O=c1cc(-c2nc(C3CNCCO3)no2)cc[nH]1. The summed E-state index contributed by atoms with van der Waals surface area (Å²) in [5.74, 6) is 0.822. The Bertz CT molecular complexity index is 586. The van der Waals surface area contributed by atoms with Crippen LogP contribution in [-0.4, -0.2) is 34.8 Å². The molecule has 1 unspecified atom stereocenters. The first-order valence-electron chi connectivity index (χ1n) is 5.68. The van der Waals surface area contributed by atoms with Gasteiger partial charge in [-0.2, -0.15) is 4.98 Å². The molecular formula is C11H12N4O3. The molecule has 0 aliphatic carbocycles. The smallest absolute Gasteiger partial charge is 0.258 e. The van der Waals surface area contributed by atoms with Crippen LogP contribution in [0.25, 0.3) is 11.5 Å². The molecule has 1 atom stereocenters. The molecule has 1 aliphatic rings. The quantitative estimate of drug-likeness (QED) is 0.782. The normalized spacial score (nSPS) is 19.9. The monoisotopic (exact) mass is 248 g/mol. The van der Waals surface area contributed by atoms with Crippen molar-refractivity contribution >= 4 is 0 Å². The summed E-state index contributed by atoms with van der Waals surface area (Å²) in [7, 11) is 0. The molecule has 1 saturated heterocycles. The van der Waals surface area contributed by atoms with Crippen LogP contribution < -0.4 is 10.9 Å². The average Bonchev–Trinajstić information content (AvgIpc) is 2.89. The highest BCUT2D eigenvalue weighted by atomic mass is 16.5. The Hall–Kier alpha value is -1.99. The summed E-state index contributed by atoms with van der Waals surface area (Å²) in [6.45, 7) is 2.11. The number of nitrogens with one attached hydrogen (secondary N) is 2. The lowest BCUT2D eigenvalue weighted by Gasteiger charge is -2.20. The molecule has 94 valence electrons. The molecule has 7 heteroatoms. The summed E-state index contributed by atoms with van der Waals surface area (Å²) in [5, 5.41) is 7.07. The number of morpholine rings is 1. The Morgan fingerprint density at radius 3 is 3.17 bits per heavy atom. The van der Waals surface area contributed by atoms with E-state index in [0.29, 0.717) is 30.4 Å². The fourth-order valence-electron chi connectivity index (χ4n) is 1.79. The maximum absolute atomic E-state index is 11.2. The van der Waals surface area contributed by atoms with Gasteiger partial charge in [0.2, 0.25) is 11.4 Å². The zero-order chi connectivity index (χ0) is 12.4. The number of H-pyrrole nitrogens is 1. The van der Waals surface area contributed by atoms with Gasteiger partial charge in [0.05, 0.1) is 6.61 Å². The van der Waals surface area contributed by atoms with Crippen LogP contribution in [0.5, 0.6) is 0 Å². The third kappa shape index (κ3) is 2.18. The van der Waals surface area contributed by atoms with Gasteiger partial charge in [-0.1, -0.05) is 5.16 Å². The molecule has 2 N–H and O–H groups in total. The van der Waals surface area contributed by atoms with Gasteiger partial charge >= 0.3 is 0 Å². The Balaban J connectivity index is 1.86. The molecule has 0 saturated carbocycles. The fourth-order valence-corrected chi connectivity index (χ4v) is 1.79. The Morgan fingerprint density at radius 2 is 2.39 bits per heavy atom. The molecular weight excluding hydrogens is 236 g/mol. The second-order valence-electron chi connectivity index (χ2n) is 3.96. The summed E-state index contributed by atoms with van der Waals surface area (Å²) >= 11 is 0. The maximum atomic E-state index is 11.2. The largest absolute Gasteiger partial charge is 0.367 e. The molecule has 2 aromatic rings. The van der Waals surface area contributed by atoms with Crippen LogP contribution in [0.15, 0.2) is 27.6 Å². The molecule has 2 aromatic heterocycles. The number of nitrogens with zero attached hydrogens (tertiary/aromatic N) is 2. The van der Waals surface area contributed by atoms with Crippen molar-refractivity contribution in [1.29, 1.82) is 0 Å². The molecule has 0 spiro atoms. The van der Waals surface area contributed by atoms with Gasteiger partial charge in [-0.15, -0.1) is 0 Å². The summed E-state index contributed by atoms with van der Waals surface area (Å²) in [5.41, 5.74) is 0.393. The molecule has 3 rings (SSSR count). The number of rotatable bonds is 2. The van der Waals surface area contributed by atoms with Gasteiger partial charge in [0.1, 0.15) is 6.10 Å². The maximum Gasteiger partial charge on any atom is 0.258 e. The van der Waals surface area contributed by atoms with Crippen LogP contribution in [0.4, 0.5) is 0 Å². The van der Waals surface area contributed by atoms with Crippen molar-refractivity contribution in [3.05, 3.63) is 34.5 Å². The predicted octanol–water partition coefficient (Wildman–Crippen LogP) is 0.0858. The number of pyridine rings is 1. The number of aromatic amines is 1. The molecule has 1 fully saturated rings. The Morgan fingerprint density at radius 1 is 1.44 bits per heavy atom. The van der Waals surface area contributed by atoms with E-state index in [4.69, 9.17) is 9.26 Å². The predicted molar refractivity (Wildman–Crippen MR) is 61.9 cm³/mol. The van der Waals surface area contributed by atoms with Crippen LogP contribution in [0.3, 0.4) is 0 Å². The third-order valence-electron chi connectivity index (χ3n) is 2.68. The highest BCUT2D eigenvalue weighted by molar-refractivity contribution is 5.51. The van der Waals surface area contributed by atoms with Crippen LogP contribution in [0.2, 0.25) is 0 Å². The first kappa shape index (κ1) is 11.1. The molecule has 18 heavy (non-hydrogen) atoms. The molecule has 3 heterocycles. The van der Waals surface area contributed by atoms with E-state index in [0.717, 1.165) is 6.54 Å². The highest BCUT2D eigenvalue weighted by Gasteiger charge is 2.21. The molecule has 0 aromatic carbocycles. The van der Waals surface area contributed by atoms with E-state index >= 15 is 0 Å². The van der Waals surface area contributed by atoms with E-state index in [1.165, 1.54) is 6.07 Å². The van der Waals surface area contributed by atoms with Gasteiger partial charge in [0.15, 0.2) is 0 Å². The number of hydrogen-bond donors (Lipinski definition) is 2. The summed E-state index contributed by atoms with van der Waals surface area (Å²) in [6.07, 6.45) is 1.35. The van der Waals surface area contributed by atoms with Crippen LogP contribution in [0, 0.1) is 0 Å². The van der Waals surface area contributed by atoms with Crippen molar-refractivity contribution in [3.63, 3.8) is 0 Å². The van der Waals surface area contributed by atoms with E-state index < -0.39 is 0 Å². The van der Waals surface area contributed by atoms with E-state index in [1.807, 2.05) is 0 Å². The van der Waals surface area contributed by atoms with E-state index in [-0.39, 0.29) is 11.7 Å². The Labute approximate surface area is 102 Å². The minimum Gasteiger partial charge on any atom is -0.367 e. The average molecular weight is 248 g/mol. The second kappa shape index (κ2) is 4.71. The van der Waals surface area contributed by atoms with Gasteiger partial charge in [0, 0.05) is 30.9 Å². The number of hydrogen-bond acceptors (Lipinski definition) is 6. The lowest BCUT2D eigenvalue weighted by Crippen LogP contribution is -2.33. The van der Waals surface area contributed by atoms with Crippen molar-refractivity contribution < 1.29 is 9.26 Å². The second-order valence-corrected chi connectivity index (χ2v) is 3.96. The molecule has 0 amide bonds. The van der Waals surface area contributed by atoms with Crippen molar-refractivity contribution in [2.45, 2.75) is 6.10 Å². The zero-order valence-corrected chi connectivity index (χ0v) is 9.55. The van der Waals surface area contributed by atoms with Gasteiger partial charge in [-0.25, -0.2) is 0 Å². The summed E-state index contributed by atoms with van der Waals surface area (Å²) in [6, 6.07) is 3.12. The summed E-state index contributed by atoms with van der Waals surface area (Å²) < 4.78 is 10.7. The number of aromatic nitrogens is 3. The van der Waals surface area contributed by atoms with Crippen molar-refractivity contribution in [2.75, 3.05) is 19.7 Å². The van der Waals surface area contributed by atoms with Gasteiger partial charge in [0.25, 0.3) is 5.89 Å². The summed E-state index contributed by atoms with van der Waals surface area (Å²) in [4.78, 5) is 18.0. The van der Waals surface area contributed by atoms with Crippen LogP contribution >= 0.6 is 0 Å². The van der Waals surface area contributed by atoms with Gasteiger partial charge in [-0.3, -0.25) is 4.79 Å². The van der Waals surface area contributed by atoms with E-state index in [1.54, 1.807) is 12.3 Å².